The van der Waals surface area contributed by atoms with Crippen LogP contribution in [-0.4, -0.2) is 37.7 Å². The van der Waals surface area contributed by atoms with Gasteiger partial charge in [-0.05, 0) is 61.4 Å². The second-order valence-electron chi connectivity index (χ2n) is 6.55. The van der Waals surface area contributed by atoms with Crippen molar-refractivity contribution in [2.45, 2.75) is 20.0 Å². The van der Waals surface area contributed by atoms with Crippen LogP contribution in [0.3, 0.4) is 0 Å². The number of amides is 3. The second-order valence-corrected chi connectivity index (χ2v) is 6.98. The van der Waals surface area contributed by atoms with Gasteiger partial charge in [0, 0.05) is 22.9 Å². The normalized spacial score (nSPS) is 16.9. The molecule has 0 aliphatic carbocycles. The van der Waals surface area contributed by atoms with Crippen molar-refractivity contribution in [3.8, 4) is 0 Å². The minimum Gasteiger partial charge on any atom is -0.365 e. The Morgan fingerprint density at radius 3 is 2.63 bits per heavy atom. The lowest BCUT2D eigenvalue weighted by atomic mass is 10.1. The predicted molar refractivity (Wildman–Crippen MR) is 106 cm³/mol. The second kappa shape index (κ2) is 8.41. The van der Waals surface area contributed by atoms with Crippen molar-refractivity contribution < 1.29 is 14.3 Å². The molecule has 1 fully saturated rings. The van der Waals surface area contributed by atoms with Gasteiger partial charge in [0.25, 0.3) is 5.91 Å². The Morgan fingerprint density at radius 1 is 1.19 bits per heavy atom. The number of carbonyl (C=O) groups is 2. The van der Waals surface area contributed by atoms with Crippen LogP contribution in [-0.2, 0) is 9.53 Å². The lowest BCUT2D eigenvalue weighted by molar-refractivity contribution is -0.129. The molecule has 6 nitrogen and oxygen atoms in total. The van der Waals surface area contributed by atoms with Crippen molar-refractivity contribution in [2.24, 2.45) is 0 Å². The van der Waals surface area contributed by atoms with Gasteiger partial charge >= 0.3 is 6.03 Å². The third kappa shape index (κ3) is 4.99. The molecule has 27 heavy (non-hydrogen) atoms. The topological polar surface area (TPSA) is 70.7 Å². The van der Waals surface area contributed by atoms with Gasteiger partial charge in [-0.15, -0.1) is 0 Å². The summed E-state index contributed by atoms with van der Waals surface area (Å²) < 4.78 is 5.56. The number of nitrogens with zero attached hydrogens (tertiary/aromatic N) is 1. The van der Waals surface area contributed by atoms with Gasteiger partial charge in [-0.2, -0.15) is 0 Å². The van der Waals surface area contributed by atoms with Crippen molar-refractivity contribution in [3.63, 3.8) is 0 Å². The molecule has 1 atom stereocenters. The van der Waals surface area contributed by atoms with Crippen molar-refractivity contribution in [2.75, 3.05) is 29.9 Å². The first-order chi connectivity index (χ1) is 12.9. The van der Waals surface area contributed by atoms with Gasteiger partial charge in [0.15, 0.2) is 0 Å². The first kappa shape index (κ1) is 19.2. The summed E-state index contributed by atoms with van der Waals surface area (Å²) in [5.41, 5.74) is 3.80. The third-order valence-electron chi connectivity index (χ3n) is 4.52. The zero-order chi connectivity index (χ0) is 19.4. The summed E-state index contributed by atoms with van der Waals surface area (Å²) >= 11 is 5.83. The Hall–Kier alpha value is -2.57. The highest BCUT2D eigenvalue weighted by Gasteiger charge is 2.27. The number of nitrogens with one attached hydrogen (secondary N) is 2. The molecule has 0 spiro atoms. The van der Waals surface area contributed by atoms with Gasteiger partial charge in [-0.3, -0.25) is 4.79 Å². The first-order valence-electron chi connectivity index (χ1n) is 8.72. The van der Waals surface area contributed by atoms with Gasteiger partial charge in [0.2, 0.25) is 0 Å². The molecule has 1 aliphatic heterocycles. The maximum Gasteiger partial charge on any atom is 0.319 e. The average molecular weight is 388 g/mol. The molecule has 2 N–H and O–H groups in total. The van der Waals surface area contributed by atoms with E-state index < -0.39 is 0 Å². The number of rotatable bonds is 4. The minimum absolute atomic E-state index is 0.00191. The Balaban J connectivity index is 1.56. The molecule has 0 bridgehead atoms. The van der Waals surface area contributed by atoms with Crippen LogP contribution >= 0.6 is 11.6 Å². The summed E-state index contributed by atoms with van der Waals surface area (Å²) in [5, 5.41) is 6.11. The minimum atomic E-state index is -0.337. The number of halogens is 1. The van der Waals surface area contributed by atoms with Crippen LogP contribution < -0.4 is 15.5 Å². The van der Waals surface area contributed by atoms with Gasteiger partial charge in [-0.25, -0.2) is 4.79 Å². The van der Waals surface area contributed by atoms with Crippen molar-refractivity contribution in [1.29, 1.82) is 0 Å². The van der Waals surface area contributed by atoms with Crippen molar-refractivity contribution >= 4 is 34.9 Å². The molecular weight excluding hydrogens is 366 g/mol. The number of hydrogen-bond donors (Lipinski definition) is 2. The Labute approximate surface area is 163 Å². The van der Waals surface area contributed by atoms with E-state index in [2.05, 4.69) is 10.6 Å². The zero-order valence-electron chi connectivity index (χ0n) is 15.3. The molecule has 1 heterocycles. The van der Waals surface area contributed by atoms with Crippen LogP contribution in [0.2, 0.25) is 5.02 Å². The van der Waals surface area contributed by atoms with Gasteiger partial charge in [-0.1, -0.05) is 17.7 Å². The highest BCUT2D eigenvalue weighted by molar-refractivity contribution is 6.30. The molecule has 1 unspecified atom stereocenters. The van der Waals surface area contributed by atoms with Crippen LogP contribution in [0.4, 0.5) is 16.2 Å². The van der Waals surface area contributed by atoms with Gasteiger partial charge in [0.05, 0.1) is 12.6 Å². The average Bonchev–Trinajstić information content (AvgIpc) is 2.65. The predicted octanol–water partition coefficient (Wildman–Crippen LogP) is 3.51. The number of benzene rings is 2. The maximum atomic E-state index is 12.2. The quantitative estimate of drug-likeness (QED) is 0.843. The molecule has 3 amide bonds. The summed E-state index contributed by atoms with van der Waals surface area (Å²) in [6.45, 7) is 4.74. The molecule has 0 aromatic heterocycles. The van der Waals surface area contributed by atoms with E-state index in [0.29, 0.717) is 23.8 Å². The van der Waals surface area contributed by atoms with Crippen LogP contribution in [0.5, 0.6) is 0 Å². The SMILES string of the molecule is Cc1ccc(N2CC(CNC(=O)Nc3ccc(Cl)cc3)OCC2=O)cc1C. The van der Waals surface area contributed by atoms with Crippen LogP contribution in [0.25, 0.3) is 0 Å². The molecule has 0 saturated carbocycles. The fraction of sp³-hybridized carbons (Fsp3) is 0.300. The van der Waals surface area contributed by atoms with Crippen LogP contribution in [0.1, 0.15) is 11.1 Å². The van der Waals surface area contributed by atoms with Crippen LogP contribution in [0.15, 0.2) is 42.5 Å². The molecule has 7 heteroatoms. The van der Waals surface area contributed by atoms with E-state index >= 15 is 0 Å². The summed E-state index contributed by atoms with van der Waals surface area (Å²) in [7, 11) is 0. The monoisotopic (exact) mass is 387 g/mol. The fourth-order valence-electron chi connectivity index (χ4n) is 2.81. The van der Waals surface area contributed by atoms with E-state index in [1.54, 1.807) is 29.2 Å². The molecule has 1 saturated heterocycles. The lowest BCUT2D eigenvalue weighted by Crippen LogP contribution is -2.51. The van der Waals surface area contributed by atoms with E-state index in [9.17, 15) is 9.59 Å². The molecule has 2 aromatic carbocycles. The molecule has 1 aliphatic rings. The summed E-state index contributed by atoms with van der Waals surface area (Å²) in [4.78, 5) is 26.0. The lowest BCUT2D eigenvalue weighted by Gasteiger charge is -2.33. The van der Waals surface area contributed by atoms with E-state index in [-0.39, 0.29) is 24.6 Å². The van der Waals surface area contributed by atoms with Gasteiger partial charge < -0.3 is 20.3 Å². The van der Waals surface area contributed by atoms with E-state index in [1.165, 1.54) is 5.56 Å². The maximum absolute atomic E-state index is 12.2. The Bertz CT molecular complexity index is 839. The van der Waals surface area contributed by atoms with E-state index in [1.807, 2.05) is 32.0 Å². The Morgan fingerprint density at radius 2 is 1.93 bits per heavy atom. The summed E-state index contributed by atoms with van der Waals surface area (Å²) in [6, 6.07) is 12.4. The standard InChI is InChI=1S/C20H22ClN3O3/c1-13-3-8-17(9-14(13)2)24-11-18(27-12-19(24)25)10-22-20(26)23-16-6-4-15(21)5-7-16/h3-9,18H,10-12H2,1-2H3,(H2,22,23,26). The number of morpholine rings is 1. The molecule has 0 radical (unpaired) electrons. The summed E-state index contributed by atoms with van der Waals surface area (Å²) in [6.07, 6.45) is -0.278. The number of carbonyl (C=O) groups excluding carboxylic acids is 2. The van der Waals surface area contributed by atoms with Crippen molar-refractivity contribution in [1.82, 2.24) is 5.32 Å². The molecule has 142 valence electrons. The van der Waals surface area contributed by atoms with Crippen LogP contribution in [0, 0.1) is 13.8 Å². The number of urea groups is 1. The van der Waals surface area contributed by atoms with Gasteiger partial charge in [0.1, 0.15) is 6.61 Å². The fourth-order valence-corrected chi connectivity index (χ4v) is 2.93. The largest absolute Gasteiger partial charge is 0.365 e. The molecular formula is C20H22ClN3O3. The van der Waals surface area contributed by atoms with E-state index in [4.69, 9.17) is 16.3 Å². The zero-order valence-corrected chi connectivity index (χ0v) is 16.0. The smallest absolute Gasteiger partial charge is 0.319 e. The first-order valence-corrected chi connectivity index (χ1v) is 9.10. The summed E-state index contributed by atoms with van der Waals surface area (Å²) in [5.74, 6) is -0.0832. The highest BCUT2D eigenvalue weighted by atomic mass is 35.5. The van der Waals surface area contributed by atoms with E-state index in [0.717, 1.165) is 11.3 Å². The molecule has 2 aromatic rings. The Kier molecular flexibility index (Phi) is 5.98. The number of aryl methyl sites for hydroxylation is 2. The number of hydrogen-bond acceptors (Lipinski definition) is 3. The third-order valence-corrected chi connectivity index (χ3v) is 4.78. The van der Waals surface area contributed by atoms with Crippen molar-refractivity contribution in [3.05, 3.63) is 58.6 Å². The highest BCUT2D eigenvalue weighted by Crippen LogP contribution is 2.22. The number of anilines is 2. The number of ether oxygens (including phenoxy) is 1. The molecule has 3 rings (SSSR count).